The normalized spacial score (nSPS) is 13.1. The van der Waals surface area contributed by atoms with Gasteiger partial charge in [0, 0.05) is 23.0 Å². The highest BCUT2D eigenvalue weighted by Gasteiger charge is 2.21. The SMILES string of the molecule is CCC(NCC(C)(C)c1ccccc1)c1cccc(Cl)c1. The van der Waals surface area contributed by atoms with Crippen LogP contribution in [0.3, 0.4) is 0 Å². The molecule has 0 aromatic heterocycles. The second kappa shape index (κ2) is 7.11. The molecule has 0 fully saturated rings. The van der Waals surface area contributed by atoms with Crippen LogP contribution in [0.15, 0.2) is 54.6 Å². The van der Waals surface area contributed by atoms with E-state index in [0.717, 1.165) is 18.0 Å². The summed E-state index contributed by atoms with van der Waals surface area (Å²) in [6.07, 6.45) is 1.05. The molecule has 1 N–H and O–H groups in total. The second-order valence-electron chi connectivity index (χ2n) is 6.15. The zero-order chi connectivity index (χ0) is 15.3. The molecule has 0 saturated carbocycles. The molecule has 1 unspecified atom stereocenters. The van der Waals surface area contributed by atoms with Gasteiger partial charge in [-0.1, -0.05) is 74.8 Å². The van der Waals surface area contributed by atoms with Gasteiger partial charge in [0.1, 0.15) is 0 Å². The first-order valence-corrected chi connectivity index (χ1v) is 7.95. The Morgan fingerprint density at radius 1 is 1.05 bits per heavy atom. The lowest BCUT2D eigenvalue weighted by Crippen LogP contribution is -2.35. The summed E-state index contributed by atoms with van der Waals surface area (Å²) in [7, 11) is 0. The van der Waals surface area contributed by atoms with Gasteiger partial charge in [0.15, 0.2) is 0 Å². The predicted molar refractivity (Wildman–Crippen MR) is 92.0 cm³/mol. The molecule has 0 saturated heterocycles. The van der Waals surface area contributed by atoms with Crippen molar-refractivity contribution in [1.82, 2.24) is 5.32 Å². The molecule has 0 bridgehead atoms. The van der Waals surface area contributed by atoms with E-state index in [-0.39, 0.29) is 5.41 Å². The molecule has 21 heavy (non-hydrogen) atoms. The lowest BCUT2D eigenvalue weighted by Gasteiger charge is -2.29. The zero-order valence-corrected chi connectivity index (χ0v) is 13.8. The Kier molecular flexibility index (Phi) is 5.44. The molecule has 2 aromatic carbocycles. The Bertz CT molecular complexity index is 563. The van der Waals surface area contributed by atoms with E-state index in [2.05, 4.69) is 68.6 Å². The molecule has 1 atom stereocenters. The van der Waals surface area contributed by atoms with E-state index in [1.165, 1.54) is 11.1 Å². The Morgan fingerprint density at radius 2 is 1.76 bits per heavy atom. The molecule has 0 radical (unpaired) electrons. The van der Waals surface area contributed by atoms with Gasteiger partial charge in [-0.15, -0.1) is 0 Å². The third kappa shape index (κ3) is 4.33. The maximum absolute atomic E-state index is 6.10. The van der Waals surface area contributed by atoms with E-state index in [4.69, 9.17) is 11.6 Å². The summed E-state index contributed by atoms with van der Waals surface area (Å²) in [6, 6.07) is 19.1. The maximum Gasteiger partial charge on any atom is 0.0409 e. The average molecular weight is 302 g/mol. The fourth-order valence-electron chi connectivity index (χ4n) is 2.59. The standard InChI is InChI=1S/C19H24ClN/c1-4-18(15-9-8-12-17(20)13-15)21-14-19(2,3)16-10-6-5-7-11-16/h5-13,18,21H,4,14H2,1-3H3. The highest BCUT2D eigenvalue weighted by atomic mass is 35.5. The van der Waals surface area contributed by atoms with E-state index >= 15 is 0 Å². The summed E-state index contributed by atoms with van der Waals surface area (Å²) in [5, 5.41) is 4.49. The minimum absolute atomic E-state index is 0.104. The van der Waals surface area contributed by atoms with Crippen molar-refractivity contribution in [3.63, 3.8) is 0 Å². The minimum Gasteiger partial charge on any atom is -0.309 e. The van der Waals surface area contributed by atoms with Crippen LogP contribution in [-0.4, -0.2) is 6.54 Å². The highest BCUT2D eigenvalue weighted by Crippen LogP contribution is 2.25. The Hall–Kier alpha value is -1.31. The van der Waals surface area contributed by atoms with Crippen LogP contribution in [0.2, 0.25) is 5.02 Å². The van der Waals surface area contributed by atoms with Crippen molar-refractivity contribution in [1.29, 1.82) is 0 Å². The van der Waals surface area contributed by atoms with Crippen LogP contribution in [0.5, 0.6) is 0 Å². The van der Waals surface area contributed by atoms with Crippen molar-refractivity contribution in [3.05, 3.63) is 70.7 Å². The number of nitrogens with one attached hydrogen (secondary N) is 1. The summed E-state index contributed by atoms with van der Waals surface area (Å²) < 4.78 is 0. The minimum atomic E-state index is 0.104. The van der Waals surface area contributed by atoms with Crippen molar-refractivity contribution in [2.45, 2.75) is 38.6 Å². The van der Waals surface area contributed by atoms with E-state index in [0.29, 0.717) is 6.04 Å². The quantitative estimate of drug-likeness (QED) is 0.757. The van der Waals surface area contributed by atoms with Gasteiger partial charge in [0.25, 0.3) is 0 Å². The van der Waals surface area contributed by atoms with Crippen LogP contribution in [0, 0.1) is 0 Å². The van der Waals surface area contributed by atoms with E-state index in [1.54, 1.807) is 0 Å². The van der Waals surface area contributed by atoms with Gasteiger partial charge in [-0.3, -0.25) is 0 Å². The van der Waals surface area contributed by atoms with Crippen LogP contribution in [0.25, 0.3) is 0 Å². The summed E-state index contributed by atoms with van der Waals surface area (Å²) in [4.78, 5) is 0. The summed E-state index contributed by atoms with van der Waals surface area (Å²) in [5.41, 5.74) is 2.72. The van der Waals surface area contributed by atoms with Gasteiger partial charge < -0.3 is 5.32 Å². The molecule has 0 aliphatic heterocycles. The van der Waals surface area contributed by atoms with Gasteiger partial charge in [0.2, 0.25) is 0 Å². The van der Waals surface area contributed by atoms with Gasteiger partial charge >= 0.3 is 0 Å². The molecule has 2 heteroatoms. The predicted octanol–water partition coefficient (Wildman–Crippen LogP) is 5.36. The molecular formula is C19H24ClN. The fourth-order valence-corrected chi connectivity index (χ4v) is 2.79. The van der Waals surface area contributed by atoms with Crippen LogP contribution in [0.4, 0.5) is 0 Å². The topological polar surface area (TPSA) is 12.0 Å². The monoisotopic (exact) mass is 301 g/mol. The third-order valence-corrected chi connectivity index (χ3v) is 4.24. The van der Waals surface area contributed by atoms with E-state index in [9.17, 15) is 0 Å². The Morgan fingerprint density at radius 3 is 2.38 bits per heavy atom. The molecule has 0 aliphatic carbocycles. The first-order chi connectivity index (χ1) is 10.0. The first-order valence-electron chi connectivity index (χ1n) is 7.57. The molecule has 2 aromatic rings. The third-order valence-electron chi connectivity index (χ3n) is 4.00. The number of hydrogen-bond donors (Lipinski definition) is 1. The number of benzene rings is 2. The van der Waals surface area contributed by atoms with Gasteiger partial charge in [-0.05, 0) is 29.7 Å². The maximum atomic E-state index is 6.10. The van der Waals surface area contributed by atoms with Crippen LogP contribution in [-0.2, 0) is 5.41 Å². The van der Waals surface area contributed by atoms with Crippen molar-refractivity contribution in [2.24, 2.45) is 0 Å². The number of hydrogen-bond acceptors (Lipinski definition) is 1. The number of halogens is 1. The molecule has 112 valence electrons. The van der Waals surface area contributed by atoms with Crippen molar-refractivity contribution >= 4 is 11.6 Å². The molecule has 0 amide bonds. The van der Waals surface area contributed by atoms with Crippen molar-refractivity contribution < 1.29 is 0 Å². The summed E-state index contributed by atoms with van der Waals surface area (Å²) in [6.45, 7) is 7.69. The van der Waals surface area contributed by atoms with Gasteiger partial charge in [0.05, 0.1) is 0 Å². The summed E-state index contributed by atoms with van der Waals surface area (Å²) in [5.74, 6) is 0. The molecular weight excluding hydrogens is 278 g/mol. The van der Waals surface area contributed by atoms with Crippen LogP contribution in [0.1, 0.15) is 44.4 Å². The van der Waals surface area contributed by atoms with Crippen LogP contribution < -0.4 is 5.32 Å². The molecule has 0 spiro atoms. The highest BCUT2D eigenvalue weighted by molar-refractivity contribution is 6.30. The molecule has 0 heterocycles. The molecule has 0 aliphatic rings. The smallest absolute Gasteiger partial charge is 0.0409 e. The first kappa shape index (κ1) is 16.1. The fraction of sp³-hybridized carbons (Fsp3) is 0.368. The Labute approximate surface area is 133 Å². The van der Waals surface area contributed by atoms with Gasteiger partial charge in [-0.2, -0.15) is 0 Å². The Balaban J connectivity index is 2.06. The van der Waals surface area contributed by atoms with Gasteiger partial charge in [-0.25, -0.2) is 0 Å². The molecule has 1 nitrogen and oxygen atoms in total. The lowest BCUT2D eigenvalue weighted by molar-refractivity contribution is 0.416. The lowest BCUT2D eigenvalue weighted by atomic mass is 9.84. The van der Waals surface area contributed by atoms with Crippen molar-refractivity contribution in [3.8, 4) is 0 Å². The van der Waals surface area contributed by atoms with E-state index in [1.807, 2.05) is 12.1 Å². The summed E-state index contributed by atoms with van der Waals surface area (Å²) >= 11 is 6.10. The average Bonchev–Trinajstić information content (AvgIpc) is 2.49. The van der Waals surface area contributed by atoms with Crippen LogP contribution >= 0.6 is 11.6 Å². The second-order valence-corrected chi connectivity index (χ2v) is 6.58. The largest absolute Gasteiger partial charge is 0.309 e. The van der Waals surface area contributed by atoms with Crippen molar-refractivity contribution in [2.75, 3.05) is 6.54 Å². The van der Waals surface area contributed by atoms with E-state index < -0.39 is 0 Å². The molecule has 2 rings (SSSR count). The number of rotatable bonds is 6. The zero-order valence-electron chi connectivity index (χ0n) is 13.1.